The average molecular weight is 249 g/mol. The summed E-state index contributed by atoms with van der Waals surface area (Å²) in [7, 11) is 0. The molecule has 2 aromatic rings. The van der Waals surface area contributed by atoms with E-state index in [0.717, 1.165) is 20.5 Å². The summed E-state index contributed by atoms with van der Waals surface area (Å²) in [6, 6.07) is 7.74. The number of benzene rings is 1. The third kappa shape index (κ3) is 1.49. The summed E-state index contributed by atoms with van der Waals surface area (Å²) in [5.74, 6) is 0. The summed E-state index contributed by atoms with van der Waals surface area (Å²) in [6.45, 7) is 0. The fourth-order valence-corrected chi connectivity index (χ4v) is 3.31. The van der Waals surface area contributed by atoms with Crippen LogP contribution in [-0.4, -0.2) is 5.38 Å². The second-order valence-corrected chi connectivity index (χ2v) is 5.49. The summed E-state index contributed by atoms with van der Waals surface area (Å²) >= 11 is 7.71. The number of alkyl halides is 1. The Morgan fingerprint density at radius 3 is 3.00 bits per heavy atom. The van der Waals surface area contributed by atoms with Gasteiger partial charge in [-0.2, -0.15) is 0 Å². The van der Waals surface area contributed by atoms with E-state index >= 15 is 0 Å². The highest BCUT2D eigenvalue weighted by molar-refractivity contribution is 7.19. The molecule has 1 heterocycles. The van der Waals surface area contributed by atoms with Crippen molar-refractivity contribution >= 4 is 39.1 Å². The Morgan fingerprint density at radius 2 is 2.12 bits per heavy atom. The first-order valence-electron chi connectivity index (χ1n) is 5.13. The van der Waals surface area contributed by atoms with Crippen LogP contribution < -0.4 is 5.43 Å². The normalized spacial score (nSPS) is 18.7. The molecule has 0 fully saturated rings. The molecule has 0 spiro atoms. The topological polar surface area (TPSA) is 17.1 Å². The van der Waals surface area contributed by atoms with Gasteiger partial charge in [0.1, 0.15) is 0 Å². The van der Waals surface area contributed by atoms with E-state index in [9.17, 15) is 4.79 Å². The van der Waals surface area contributed by atoms with E-state index in [1.807, 2.05) is 36.4 Å². The van der Waals surface area contributed by atoms with Crippen LogP contribution in [0.4, 0.5) is 0 Å². The summed E-state index contributed by atoms with van der Waals surface area (Å²) in [5, 5.41) is 0.763. The number of rotatable bonds is 0. The predicted molar refractivity (Wildman–Crippen MR) is 70.5 cm³/mol. The molecule has 16 heavy (non-hydrogen) atoms. The van der Waals surface area contributed by atoms with Crippen molar-refractivity contribution in [1.82, 2.24) is 0 Å². The zero-order chi connectivity index (χ0) is 11.1. The second-order valence-electron chi connectivity index (χ2n) is 3.85. The molecule has 1 aliphatic rings. The van der Waals surface area contributed by atoms with Crippen molar-refractivity contribution in [3.63, 3.8) is 0 Å². The lowest BCUT2D eigenvalue weighted by atomic mass is 10.0. The first-order valence-corrected chi connectivity index (χ1v) is 6.38. The highest BCUT2D eigenvalue weighted by Crippen LogP contribution is 2.28. The van der Waals surface area contributed by atoms with E-state index in [2.05, 4.69) is 0 Å². The number of hydrogen-bond acceptors (Lipinski definition) is 2. The minimum Gasteiger partial charge on any atom is -0.289 e. The van der Waals surface area contributed by atoms with Crippen molar-refractivity contribution in [3.8, 4) is 0 Å². The zero-order valence-corrected chi connectivity index (χ0v) is 10.0. The van der Waals surface area contributed by atoms with Gasteiger partial charge in [0.25, 0.3) is 0 Å². The first-order chi connectivity index (χ1) is 7.75. The lowest BCUT2D eigenvalue weighted by Crippen LogP contribution is -2.16. The molecule has 0 saturated heterocycles. The Kier molecular flexibility index (Phi) is 2.34. The standard InChI is InChI=1S/C13H9ClOS/c14-8-5-6-12-10(7-8)13(15)9-3-1-2-4-11(9)16-12/h1-6,8H,7H2. The van der Waals surface area contributed by atoms with Crippen LogP contribution in [0, 0.1) is 0 Å². The van der Waals surface area contributed by atoms with Crippen LogP contribution in [0.15, 0.2) is 35.1 Å². The van der Waals surface area contributed by atoms with Gasteiger partial charge in [-0.3, -0.25) is 4.79 Å². The molecular weight excluding hydrogens is 240 g/mol. The maximum atomic E-state index is 12.2. The summed E-state index contributed by atoms with van der Waals surface area (Å²) < 4.78 is 1.05. The van der Waals surface area contributed by atoms with Crippen LogP contribution in [0.5, 0.6) is 0 Å². The van der Waals surface area contributed by atoms with Gasteiger partial charge < -0.3 is 0 Å². The first kappa shape index (κ1) is 10.1. The Balaban J connectivity index is 2.40. The van der Waals surface area contributed by atoms with Gasteiger partial charge in [-0.1, -0.05) is 18.2 Å². The lowest BCUT2D eigenvalue weighted by Gasteiger charge is -2.13. The average Bonchev–Trinajstić information content (AvgIpc) is 2.31. The van der Waals surface area contributed by atoms with Crippen molar-refractivity contribution in [1.29, 1.82) is 0 Å². The molecule has 3 heteroatoms. The minimum absolute atomic E-state index is 0.0476. The van der Waals surface area contributed by atoms with Crippen LogP contribution in [0.2, 0.25) is 0 Å². The van der Waals surface area contributed by atoms with Crippen LogP contribution >= 0.6 is 22.9 Å². The molecule has 80 valence electrons. The fourth-order valence-electron chi connectivity index (χ4n) is 1.98. The van der Waals surface area contributed by atoms with Crippen molar-refractivity contribution in [2.45, 2.75) is 11.8 Å². The van der Waals surface area contributed by atoms with E-state index in [-0.39, 0.29) is 10.8 Å². The molecule has 0 bridgehead atoms. The van der Waals surface area contributed by atoms with E-state index in [1.54, 1.807) is 11.3 Å². The molecule has 0 saturated carbocycles. The van der Waals surface area contributed by atoms with Gasteiger partial charge in [-0.05, 0) is 24.6 Å². The molecule has 3 rings (SSSR count). The molecule has 1 unspecified atom stereocenters. The van der Waals surface area contributed by atoms with Crippen LogP contribution in [0.3, 0.4) is 0 Å². The summed E-state index contributed by atoms with van der Waals surface area (Å²) in [5.41, 5.74) is 1.01. The van der Waals surface area contributed by atoms with Gasteiger partial charge in [0.05, 0.1) is 5.38 Å². The monoisotopic (exact) mass is 248 g/mol. The van der Waals surface area contributed by atoms with Crippen molar-refractivity contribution < 1.29 is 0 Å². The highest BCUT2D eigenvalue weighted by Gasteiger charge is 2.17. The number of fused-ring (bicyclic) bond motifs is 2. The number of hydrogen-bond donors (Lipinski definition) is 0. The van der Waals surface area contributed by atoms with Crippen molar-refractivity contribution in [2.75, 3.05) is 0 Å². The third-order valence-corrected chi connectivity index (χ3v) is 4.26. The van der Waals surface area contributed by atoms with Gasteiger partial charge in [0.15, 0.2) is 5.43 Å². The van der Waals surface area contributed by atoms with Gasteiger partial charge in [-0.25, -0.2) is 0 Å². The van der Waals surface area contributed by atoms with E-state index in [4.69, 9.17) is 11.6 Å². The molecule has 1 atom stereocenters. The van der Waals surface area contributed by atoms with E-state index < -0.39 is 0 Å². The quantitative estimate of drug-likeness (QED) is 0.653. The predicted octanol–water partition coefficient (Wildman–Crippen LogP) is 3.44. The molecule has 0 amide bonds. The summed E-state index contributed by atoms with van der Waals surface area (Å²) in [4.78, 5) is 13.3. The van der Waals surface area contributed by atoms with Crippen LogP contribution in [-0.2, 0) is 6.42 Å². The lowest BCUT2D eigenvalue weighted by molar-refractivity contribution is 0.992. The molecule has 1 aliphatic carbocycles. The Morgan fingerprint density at radius 1 is 1.31 bits per heavy atom. The van der Waals surface area contributed by atoms with E-state index in [1.165, 1.54) is 0 Å². The second kappa shape index (κ2) is 3.72. The maximum absolute atomic E-state index is 12.2. The number of halogens is 1. The Labute approximate surface area is 102 Å². The molecule has 0 N–H and O–H groups in total. The Bertz CT molecular complexity index is 642. The van der Waals surface area contributed by atoms with Gasteiger partial charge in [-0.15, -0.1) is 22.9 Å². The summed E-state index contributed by atoms with van der Waals surface area (Å²) in [6.07, 6.45) is 4.57. The SMILES string of the molecule is O=c1c2c(sc3ccccc13)C=CC(Cl)C2. The zero-order valence-electron chi connectivity index (χ0n) is 8.44. The smallest absolute Gasteiger partial charge is 0.191 e. The van der Waals surface area contributed by atoms with Gasteiger partial charge in [0.2, 0.25) is 0 Å². The molecule has 1 nitrogen and oxygen atoms in total. The van der Waals surface area contributed by atoms with Crippen LogP contribution in [0.25, 0.3) is 16.2 Å². The van der Waals surface area contributed by atoms with Crippen molar-refractivity contribution in [3.05, 3.63) is 51.0 Å². The maximum Gasteiger partial charge on any atom is 0.191 e. The third-order valence-electron chi connectivity index (χ3n) is 2.78. The highest BCUT2D eigenvalue weighted by atomic mass is 35.5. The van der Waals surface area contributed by atoms with E-state index in [0.29, 0.717) is 6.42 Å². The van der Waals surface area contributed by atoms with Gasteiger partial charge in [0, 0.05) is 20.5 Å². The molecule has 1 aromatic heterocycles. The largest absolute Gasteiger partial charge is 0.289 e. The van der Waals surface area contributed by atoms with Crippen molar-refractivity contribution in [2.24, 2.45) is 0 Å². The minimum atomic E-state index is -0.0476. The van der Waals surface area contributed by atoms with Crippen LogP contribution in [0.1, 0.15) is 10.4 Å². The van der Waals surface area contributed by atoms with Gasteiger partial charge >= 0.3 is 0 Å². The molecule has 1 aromatic carbocycles. The number of allylic oxidation sites excluding steroid dienone is 1. The molecule has 0 radical (unpaired) electrons. The molecular formula is C13H9ClOS. The molecule has 0 aliphatic heterocycles. The fraction of sp³-hybridized carbons (Fsp3) is 0.154. The Hall–Kier alpha value is -1.12.